The number of nitrogens with zero attached hydrogens (tertiary/aromatic N) is 4. The summed E-state index contributed by atoms with van der Waals surface area (Å²) in [5.41, 5.74) is 2.65. The van der Waals surface area contributed by atoms with E-state index in [1.54, 1.807) is 34.8 Å². The van der Waals surface area contributed by atoms with Gasteiger partial charge in [0.1, 0.15) is 19.5 Å². The van der Waals surface area contributed by atoms with Crippen LogP contribution >= 0.6 is 0 Å². The average Bonchev–Trinajstić information content (AvgIpc) is 3.21. The molecule has 0 fully saturated rings. The molecule has 2 aromatic heterocycles. The summed E-state index contributed by atoms with van der Waals surface area (Å²) < 4.78 is 40.5. The summed E-state index contributed by atoms with van der Waals surface area (Å²) in [5.74, 6) is 0.960. The van der Waals surface area contributed by atoms with Crippen LogP contribution in [-0.4, -0.2) is 41.4 Å². The van der Waals surface area contributed by atoms with E-state index in [0.717, 1.165) is 11.3 Å². The lowest BCUT2D eigenvalue weighted by molar-refractivity contribution is 0.171. The minimum absolute atomic E-state index is 0.102. The maximum absolute atomic E-state index is 12.7. The molecule has 2 aromatic carbocycles. The third-order valence-electron chi connectivity index (χ3n) is 4.42. The van der Waals surface area contributed by atoms with Crippen molar-refractivity contribution in [3.8, 4) is 22.8 Å². The molecule has 0 saturated carbocycles. The summed E-state index contributed by atoms with van der Waals surface area (Å²) in [5, 5.41) is 12.1. The molecule has 5 rings (SSSR count). The maximum atomic E-state index is 12.7. The smallest absolute Gasteiger partial charge is 0.262 e. The second kappa shape index (κ2) is 6.74. The molecule has 0 bridgehead atoms. The minimum atomic E-state index is -3.77. The Bertz CT molecular complexity index is 1300. The van der Waals surface area contributed by atoms with E-state index in [1.807, 2.05) is 12.1 Å². The molecule has 0 aliphatic carbocycles. The highest BCUT2D eigenvalue weighted by molar-refractivity contribution is 7.92. The number of hydrogen-bond donors (Lipinski definition) is 1. The van der Waals surface area contributed by atoms with Crippen molar-refractivity contribution in [2.24, 2.45) is 0 Å². The second-order valence-corrected chi connectivity index (χ2v) is 8.02. The number of sulfonamides is 1. The fourth-order valence-corrected chi connectivity index (χ4v) is 4.07. The zero-order chi connectivity index (χ0) is 19.8. The van der Waals surface area contributed by atoms with Gasteiger partial charge in [-0.25, -0.2) is 8.42 Å². The standard InChI is InChI=1S/C19H15N5O4S/c25-29(26,15-5-7-17-18(11-15)28-10-9-27-17)23-14-3-1-13(2-4-14)16-6-8-19-21-20-12-24(19)22-16/h1-8,11-12,23H,9-10H2. The molecule has 0 spiro atoms. The van der Waals surface area contributed by atoms with Crippen molar-refractivity contribution in [3.63, 3.8) is 0 Å². The molecule has 4 aromatic rings. The molecule has 0 amide bonds. The van der Waals surface area contributed by atoms with E-state index in [1.165, 1.54) is 18.5 Å². The van der Waals surface area contributed by atoms with Crippen molar-refractivity contribution in [1.82, 2.24) is 19.8 Å². The number of benzene rings is 2. The van der Waals surface area contributed by atoms with Gasteiger partial charge in [-0.2, -0.15) is 9.61 Å². The monoisotopic (exact) mass is 409 g/mol. The van der Waals surface area contributed by atoms with Crippen molar-refractivity contribution < 1.29 is 17.9 Å². The van der Waals surface area contributed by atoms with Gasteiger partial charge < -0.3 is 9.47 Å². The van der Waals surface area contributed by atoms with E-state index in [0.29, 0.717) is 36.0 Å². The topological polar surface area (TPSA) is 108 Å². The molecular weight excluding hydrogens is 394 g/mol. The lowest BCUT2D eigenvalue weighted by atomic mass is 10.1. The van der Waals surface area contributed by atoms with Gasteiger partial charge in [0.2, 0.25) is 0 Å². The van der Waals surface area contributed by atoms with Gasteiger partial charge in [0.25, 0.3) is 10.0 Å². The SMILES string of the molecule is O=S(=O)(Nc1ccc(-c2ccc3nncn3n2)cc1)c1ccc2c(c1)OCCO2. The third kappa shape index (κ3) is 3.34. The summed E-state index contributed by atoms with van der Waals surface area (Å²) >= 11 is 0. The van der Waals surface area contributed by atoms with E-state index in [9.17, 15) is 8.42 Å². The highest BCUT2D eigenvalue weighted by Crippen LogP contribution is 2.33. The molecule has 1 aliphatic heterocycles. The first-order valence-corrected chi connectivity index (χ1v) is 10.3. The number of aromatic nitrogens is 4. The summed E-state index contributed by atoms with van der Waals surface area (Å²) in [6.07, 6.45) is 1.52. The van der Waals surface area contributed by atoms with Gasteiger partial charge >= 0.3 is 0 Å². The quantitative estimate of drug-likeness (QED) is 0.551. The fourth-order valence-electron chi connectivity index (χ4n) is 3.00. The van der Waals surface area contributed by atoms with Crippen molar-refractivity contribution in [2.45, 2.75) is 4.90 Å². The van der Waals surface area contributed by atoms with Crippen LogP contribution in [0.15, 0.2) is 65.8 Å². The summed E-state index contributed by atoms with van der Waals surface area (Å²) in [7, 11) is -3.77. The Morgan fingerprint density at radius 3 is 2.55 bits per heavy atom. The van der Waals surface area contributed by atoms with Crippen molar-refractivity contribution in [3.05, 3.63) is 60.9 Å². The number of hydrogen-bond acceptors (Lipinski definition) is 7. The van der Waals surface area contributed by atoms with Crippen LogP contribution in [0.5, 0.6) is 11.5 Å². The molecule has 1 N–H and O–H groups in total. The average molecular weight is 409 g/mol. The molecule has 0 radical (unpaired) electrons. The molecule has 1 aliphatic rings. The summed E-state index contributed by atoms with van der Waals surface area (Å²) in [6.45, 7) is 0.837. The number of rotatable bonds is 4. The normalized spacial score (nSPS) is 13.4. The Labute approximate surface area is 166 Å². The van der Waals surface area contributed by atoms with Crippen LogP contribution < -0.4 is 14.2 Å². The number of nitrogens with one attached hydrogen (secondary N) is 1. The van der Waals surface area contributed by atoms with Crippen LogP contribution in [0.25, 0.3) is 16.9 Å². The molecule has 146 valence electrons. The molecule has 0 saturated heterocycles. The van der Waals surface area contributed by atoms with Gasteiger partial charge in [0, 0.05) is 17.3 Å². The third-order valence-corrected chi connectivity index (χ3v) is 5.80. The van der Waals surface area contributed by atoms with Crippen LogP contribution in [-0.2, 0) is 10.0 Å². The Morgan fingerprint density at radius 1 is 0.931 bits per heavy atom. The van der Waals surface area contributed by atoms with Gasteiger partial charge in [-0.1, -0.05) is 12.1 Å². The molecule has 3 heterocycles. The van der Waals surface area contributed by atoms with Gasteiger partial charge in [-0.3, -0.25) is 4.72 Å². The van der Waals surface area contributed by atoms with Gasteiger partial charge in [0.15, 0.2) is 17.1 Å². The Balaban J connectivity index is 1.38. The molecular formula is C19H15N5O4S. The van der Waals surface area contributed by atoms with Gasteiger partial charge in [-0.05, 0) is 36.4 Å². The second-order valence-electron chi connectivity index (χ2n) is 6.34. The predicted molar refractivity (Wildman–Crippen MR) is 104 cm³/mol. The fraction of sp³-hybridized carbons (Fsp3) is 0.105. The zero-order valence-electron chi connectivity index (χ0n) is 15.0. The zero-order valence-corrected chi connectivity index (χ0v) is 15.8. The molecule has 0 atom stereocenters. The number of fused-ring (bicyclic) bond motifs is 2. The maximum Gasteiger partial charge on any atom is 0.262 e. The van der Waals surface area contributed by atoms with Crippen LogP contribution in [0.1, 0.15) is 0 Å². The van der Waals surface area contributed by atoms with E-state index in [-0.39, 0.29) is 4.90 Å². The van der Waals surface area contributed by atoms with Crippen LogP contribution in [0.2, 0.25) is 0 Å². The number of anilines is 1. The van der Waals surface area contributed by atoms with Crippen LogP contribution in [0.4, 0.5) is 5.69 Å². The van der Waals surface area contributed by atoms with E-state index in [4.69, 9.17) is 9.47 Å². The lowest BCUT2D eigenvalue weighted by Crippen LogP contribution is -2.17. The minimum Gasteiger partial charge on any atom is -0.486 e. The Kier molecular flexibility index (Phi) is 4.06. The largest absolute Gasteiger partial charge is 0.486 e. The molecule has 0 unspecified atom stereocenters. The van der Waals surface area contributed by atoms with Gasteiger partial charge in [0.05, 0.1) is 10.6 Å². The van der Waals surface area contributed by atoms with E-state index >= 15 is 0 Å². The van der Waals surface area contributed by atoms with Crippen LogP contribution in [0, 0.1) is 0 Å². The highest BCUT2D eigenvalue weighted by Gasteiger charge is 2.19. The first kappa shape index (κ1) is 17.4. The molecule has 10 heteroatoms. The first-order chi connectivity index (χ1) is 14.1. The Morgan fingerprint density at radius 2 is 1.72 bits per heavy atom. The van der Waals surface area contributed by atoms with Gasteiger partial charge in [-0.15, -0.1) is 10.2 Å². The number of ether oxygens (including phenoxy) is 2. The molecule has 9 nitrogen and oxygen atoms in total. The van der Waals surface area contributed by atoms with Crippen molar-refractivity contribution in [2.75, 3.05) is 17.9 Å². The molecule has 29 heavy (non-hydrogen) atoms. The predicted octanol–water partition coefficient (Wildman–Crippen LogP) is 2.36. The summed E-state index contributed by atoms with van der Waals surface area (Å²) in [6, 6.07) is 15.1. The lowest BCUT2D eigenvalue weighted by Gasteiger charge is -2.19. The highest BCUT2D eigenvalue weighted by atomic mass is 32.2. The van der Waals surface area contributed by atoms with Crippen LogP contribution in [0.3, 0.4) is 0 Å². The Hall–Kier alpha value is -3.66. The van der Waals surface area contributed by atoms with Crippen molar-refractivity contribution >= 4 is 21.4 Å². The van der Waals surface area contributed by atoms with E-state index in [2.05, 4.69) is 20.0 Å². The van der Waals surface area contributed by atoms with E-state index < -0.39 is 10.0 Å². The van der Waals surface area contributed by atoms with Crippen molar-refractivity contribution in [1.29, 1.82) is 0 Å². The first-order valence-electron chi connectivity index (χ1n) is 8.78. The summed E-state index contributed by atoms with van der Waals surface area (Å²) in [4.78, 5) is 0.102.